The van der Waals surface area contributed by atoms with Gasteiger partial charge in [-0.3, -0.25) is 4.90 Å². The predicted octanol–water partition coefficient (Wildman–Crippen LogP) is 6.90. The molecule has 1 atom stereocenters. The molecule has 0 amide bonds. The second-order valence-corrected chi connectivity index (χ2v) is 10.2. The molecule has 0 aliphatic carbocycles. The Labute approximate surface area is 247 Å². The van der Waals surface area contributed by atoms with Gasteiger partial charge in [-0.25, -0.2) is 14.8 Å². The SMILES string of the molecule is CC.CCn1cncc1Cn1c(CN2CCC(c3cccc(Oc4ccccc4)c3)C2)nc2ccc(C(=O)OC)cc21. The van der Waals surface area contributed by atoms with E-state index in [2.05, 4.69) is 44.1 Å². The summed E-state index contributed by atoms with van der Waals surface area (Å²) in [4.78, 5) is 24.1. The number of ether oxygens (including phenoxy) is 2. The molecule has 0 saturated carbocycles. The average molecular weight is 566 g/mol. The van der Waals surface area contributed by atoms with Crippen LogP contribution in [0.25, 0.3) is 11.0 Å². The summed E-state index contributed by atoms with van der Waals surface area (Å²) in [5.41, 5.74) is 4.69. The summed E-state index contributed by atoms with van der Waals surface area (Å²) in [7, 11) is 1.41. The highest BCUT2D eigenvalue weighted by molar-refractivity contribution is 5.93. The Bertz CT molecular complexity index is 1630. The first-order valence-electron chi connectivity index (χ1n) is 14.7. The van der Waals surface area contributed by atoms with E-state index in [0.29, 0.717) is 18.0 Å². The van der Waals surface area contributed by atoms with Crippen LogP contribution in [0.3, 0.4) is 0 Å². The van der Waals surface area contributed by atoms with Crippen molar-refractivity contribution in [3.05, 3.63) is 108 Å². The van der Waals surface area contributed by atoms with Gasteiger partial charge in [0.15, 0.2) is 0 Å². The molecule has 8 nitrogen and oxygen atoms in total. The zero-order valence-electron chi connectivity index (χ0n) is 24.9. The summed E-state index contributed by atoms with van der Waals surface area (Å²) >= 11 is 0. The molecule has 8 heteroatoms. The van der Waals surface area contributed by atoms with Gasteiger partial charge in [0.05, 0.1) is 48.8 Å². The Morgan fingerprint density at radius 3 is 2.57 bits per heavy atom. The number of rotatable bonds is 9. The van der Waals surface area contributed by atoms with Crippen LogP contribution in [-0.2, 0) is 24.4 Å². The number of aryl methyl sites for hydroxylation is 1. The van der Waals surface area contributed by atoms with Gasteiger partial charge < -0.3 is 18.6 Å². The molecule has 5 aromatic rings. The van der Waals surface area contributed by atoms with Gasteiger partial charge in [0.25, 0.3) is 0 Å². The molecular weight excluding hydrogens is 526 g/mol. The number of aromatic nitrogens is 4. The molecule has 0 bridgehead atoms. The van der Waals surface area contributed by atoms with Crippen LogP contribution in [0.4, 0.5) is 0 Å². The third kappa shape index (κ3) is 6.39. The quantitative estimate of drug-likeness (QED) is 0.181. The van der Waals surface area contributed by atoms with Crippen molar-refractivity contribution >= 4 is 17.0 Å². The van der Waals surface area contributed by atoms with Gasteiger partial charge >= 0.3 is 5.97 Å². The number of esters is 1. The van der Waals surface area contributed by atoms with Crippen molar-refractivity contribution in [3.8, 4) is 11.5 Å². The van der Waals surface area contributed by atoms with Crippen molar-refractivity contribution in [2.45, 2.75) is 52.7 Å². The van der Waals surface area contributed by atoms with E-state index in [4.69, 9.17) is 14.5 Å². The van der Waals surface area contributed by atoms with Crippen LogP contribution in [-0.4, -0.2) is 50.2 Å². The molecule has 0 spiro atoms. The van der Waals surface area contributed by atoms with E-state index >= 15 is 0 Å². The van der Waals surface area contributed by atoms with Gasteiger partial charge in [0.1, 0.15) is 17.3 Å². The van der Waals surface area contributed by atoms with Crippen LogP contribution in [0.2, 0.25) is 0 Å². The number of fused-ring (bicyclic) bond motifs is 1. The Morgan fingerprint density at radius 2 is 1.79 bits per heavy atom. The minimum absolute atomic E-state index is 0.351. The van der Waals surface area contributed by atoms with Crippen LogP contribution in [0.5, 0.6) is 11.5 Å². The Kier molecular flexibility index (Phi) is 9.34. The van der Waals surface area contributed by atoms with Crippen molar-refractivity contribution in [2.24, 2.45) is 0 Å². The number of hydrogen-bond acceptors (Lipinski definition) is 6. The Hall–Kier alpha value is -4.43. The van der Waals surface area contributed by atoms with Crippen LogP contribution >= 0.6 is 0 Å². The zero-order chi connectivity index (χ0) is 29.5. The molecule has 1 fully saturated rings. The maximum Gasteiger partial charge on any atom is 0.337 e. The molecule has 0 N–H and O–H groups in total. The molecular formula is C34H39N5O3. The molecule has 218 valence electrons. The number of hydrogen-bond donors (Lipinski definition) is 0. The summed E-state index contributed by atoms with van der Waals surface area (Å²) in [6.45, 7) is 10.2. The van der Waals surface area contributed by atoms with Crippen molar-refractivity contribution in [1.82, 2.24) is 24.0 Å². The van der Waals surface area contributed by atoms with Crippen molar-refractivity contribution in [3.63, 3.8) is 0 Å². The Morgan fingerprint density at radius 1 is 0.976 bits per heavy atom. The van der Waals surface area contributed by atoms with Gasteiger partial charge in [-0.1, -0.05) is 44.2 Å². The third-order valence-electron chi connectivity index (χ3n) is 7.65. The van der Waals surface area contributed by atoms with E-state index in [0.717, 1.165) is 66.7 Å². The summed E-state index contributed by atoms with van der Waals surface area (Å²) in [6.07, 6.45) is 4.83. The average Bonchev–Trinajstić information content (AvgIpc) is 3.78. The summed E-state index contributed by atoms with van der Waals surface area (Å²) in [5.74, 6) is 2.74. The van der Waals surface area contributed by atoms with E-state index in [9.17, 15) is 4.79 Å². The molecule has 1 aliphatic heterocycles. The van der Waals surface area contributed by atoms with Crippen molar-refractivity contribution < 1.29 is 14.3 Å². The zero-order valence-corrected chi connectivity index (χ0v) is 24.9. The molecule has 3 heterocycles. The standard InChI is InChI=1S/C32H33N5O3.C2H6/c1-3-36-22-33-18-26(36)20-37-30-17-24(32(38)39-2)12-13-29(30)34-31(37)21-35-15-14-25(19-35)23-8-7-11-28(16-23)40-27-9-5-4-6-10-27;1-2/h4-13,16-18,22,25H,3,14-15,19-21H2,1-2H3;1-2H3. The van der Waals surface area contributed by atoms with Crippen LogP contribution in [0.15, 0.2) is 85.3 Å². The number of para-hydroxylation sites is 1. The summed E-state index contributed by atoms with van der Waals surface area (Å²) < 4.78 is 15.4. The lowest BCUT2D eigenvalue weighted by atomic mass is 9.98. The van der Waals surface area contributed by atoms with Gasteiger partial charge in [0.2, 0.25) is 0 Å². The monoisotopic (exact) mass is 565 g/mol. The third-order valence-corrected chi connectivity index (χ3v) is 7.65. The molecule has 1 unspecified atom stereocenters. The first-order chi connectivity index (χ1) is 20.6. The fourth-order valence-corrected chi connectivity index (χ4v) is 5.55. The summed E-state index contributed by atoms with van der Waals surface area (Å²) in [6, 6.07) is 23.9. The first kappa shape index (κ1) is 29.1. The van der Waals surface area contributed by atoms with Crippen LogP contribution in [0, 0.1) is 0 Å². The second-order valence-electron chi connectivity index (χ2n) is 10.2. The number of methoxy groups -OCH3 is 1. The van der Waals surface area contributed by atoms with Gasteiger partial charge in [-0.2, -0.15) is 0 Å². The lowest BCUT2D eigenvalue weighted by Crippen LogP contribution is -2.23. The van der Waals surface area contributed by atoms with E-state index in [-0.39, 0.29) is 5.97 Å². The highest BCUT2D eigenvalue weighted by Gasteiger charge is 2.26. The smallest absolute Gasteiger partial charge is 0.337 e. The normalized spacial score (nSPS) is 14.9. The fraction of sp³-hybridized carbons (Fsp3) is 0.324. The minimum atomic E-state index is -0.351. The lowest BCUT2D eigenvalue weighted by molar-refractivity contribution is 0.0601. The van der Waals surface area contributed by atoms with Gasteiger partial charge in [0, 0.05) is 19.3 Å². The molecule has 3 aromatic carbocycles. The van der Waals surface area contributed by atoms with Crippen molar-refractivity contribution in [2.75, 3.05) is 20.2 Å². The molecule has 1 aliphatic rings. The van der Waals surface area contributed by atoms with Gasteiger partial charge in [-0.15, -0.1) is 0 Å². The summed E-state index contributed by atoms with van der Waals surface area (Å²) in [5, 5.41) is 0. The molecule has 6 rings (SSSR count). The minimum Gasteiger partial charge on any atom is -0.465 e. The first-order valence-corrected chi connectivity index (χ1v) is 14.7. The maximum absolute atomic E-state index is 12.3. The topological polar surface area (TPSA) is 74.4 Å². The number of imidazole rings is 2. The van der Waals surface area contributed by atoms with Crippen molar-refractivity contribution in [1.29, 1.82) is 0 Å². The highest BCUT2D eigenvalue weighted by Crippen LogP contribution is 2.32. The number of carbonyl (C=O) groups excluding carboxylic acids is 1. The van der Waals surface area contributed by atoms with E-state index in [1.54, 1.807) is 6.07 Å². The van der Waals surface area contributed by atoms with E-state index in [1.807, 2.05) is 74.9 Å². The molecule has 2 aromatic heterocycles. The predicted molar refractivity (Wildman–Crippen MR) is 165 cm³/mol. The molecule has 42 heavy (non-hydrogen) atoms. The highest BCUT2D eigenvalue weighted by atomic mass is 16.5. The maximum atomic E-state index is 12.3. The molecule has 1 saturated heterocycles. The second kappa shape index (κ2) is 13.5. The number of benzene rings is 3. The largest absolute Gasteiger partial charge is 0.465 e. The number of nitrogens with zero attached hydrogens (tertiary/aromatic N) is 5. The Balaban J connectivity index is 0.00000173. The number of carbonyl (C=O) groups is 1. The molecule has 0 radical (unpaired) electrons. The van der Waals surface area contributed by atoms with Crippen LogP contribution < -0.4 is 4.74 Å². The lowest BCUT2D eigenvalue weighted by Gasteiger charge is -2.18. The fourth-order valence-electron chi connectivity index (χ4n) is 5.55. The van der Waals surface area contributed by atoms with Gasteiger partial charge in [-0.05, 0) is 73.8 Å². The van der Waals surface area contributed by atoms with Crippen LogP contribution in [0.1, 0.15) is 60.5 Å². The van der Waals surface area contributed by atoms with E-state index in [1.165, 1.54) is 12.7 Å². The van der Waals surface area contributed by atoms with E-state index < -0.39 is 0 Å². The number of likely N-dealkylation sites (tertiary alicyclic amines) is 1.